The van der Waals surface area contributed by atoms with Gasteiger partial charge in [-0.2, -0.15) is 13.7 Å². The van der Waals surface area contributed by atoms with E-state index in [0.29, 0.717) is 17.0 Å². The molecule has 34 heavy (non-hydrogen) atoms. The van der Waals surface area contributed by atoms with Gasteiger partial charge in [0.05, 0.1) is 12.0 Å². The Morgan fingerprint density at radius 2 is 1.74 bits per heavy atom. The molecule has 0 saturated heterocycles. The summed E-state index contributed by atoms with van der Waals surface area (Å²) in [4.78, 5) is 22.3. The molecule has 0 atom stereocenters. The average Bonchev–Trinajstić information content (AvgIpc) is 2.82. The lowest BCUT2D eigenvalue weighted by Gasteiger charge is -2.08. The van der Waals surface area contributed by atoms with E-state index in [1.165, 1.54) is 31.4 Å². The number of carbonyl (C=O) groups excluding carboxylic acids is 1. The minimum Gasteiger partial charge on any atom is -0.497 e. The summed E-state index contributed by atoms with van der Waals surface area (Å²) >= 11 is 0. The van der Waals surface area contributed by atoms with Gasteiger partial charge in [0.15, 0.2) is 0 Å². The lowest BCUT2D eigenvalue weighted by molar-refractivity contribution is -0.384. The first kappa shape index (κ1) is 24.0. The van der Waals surface area contributed by atoms with Crippen LogP contribution in [-0.4, -0.2) is 26.4 Å². The highest BCUT2D eigenvalue weighted by Crippen LogP contribution is 2.23. The number of amides is 1. The zero-order valence-corrected chi connectivity index (χ0v) is 18.5. The number of benzene rings is 3. The van der Waals surface area contributed by atoms with E-state index >= 15 is 0 Å². The van der Waals surface area contributed by atoms with Crippen LogP contribution >= 0.6 is 0 Å². The summed E-state index contributed by atoms with van der Waals surface area (Å²) in [5.41, 5.74) is 0.283. The van der Waals surface area contributed by atoms with Crippen LogP contribution in [0, 0.1) is 21.4 Å². The van der Waals surface area contributed by atoms with Crippen LogP contribution in [0.25, 0.3) is 6.08 Å². The fraction of sp³-hybridized carbons (Fsp3) is 0.0435. The number of nitriles is 1. The number of nitro benzene ring substituents is 1. The van der Waals surface area contributed by atoms with Gasteiger partial charge in [-0.25, -0.2) is 0 Å². The van der Waals surface area contributed by atoms with Crippen molar-refractivity contribution in [3.63, 3.8) is 0 Å². The van der Waals surface area contributed by atoms with E-state index in [1.54, 1.807) is 30.3 Å². The van der Waals surface area contributed by atoms with Gasteiger partial charge < -0.3 is 14.2 Å². The van der Waals surface area contributed by atoms with Crippen LogP contribution in [0.3, 0.4) is 0 Å². The number of ether oxygens (including phenoxy) is 1. The number of nitrogens with one attached hydrogen (secondary N) is 1. The second-order valence-electron chi connectivity index (χ2n) is 6.72. The Morgan fingerprint density at radius 1 is 1.06 bits per heavy atom. The number of hydrogen-bond acceptors (Lipinski definition) is 8. The van der Waals surface area contributed by atoms with E-state index in [2.05, 4.69) is 5.32 Å². The van der Waals surface area contributed by atoms with Gasteiger partial charge in [-0.05, 0) is 48.0 Å². The number of nitrogens with zero attached hydrogens (tertiary/aromatic N) is 2. The second kappa shape index (κ2) is 10.3. The summed E-state index contributed by atoms with van der Waals surface area (Å²) in [5.74, 6) is -0.211. The van der Waals surface area contributed by atoms with Crippen molar-refractivity contribution in [3.05, 3.63) is 94.0 Å². The van der Waals surface area contributed by atoms with Crippen LogP contribution in [0.4, 0.5) is 11.4 Å². The van der Waals surface area contributed by atoms with Gasteiger partial charge in [0.2, 0.25) is 0 Å². The van der Waals surface area contributed by atoms with Crippen molar-refractivity contribution in [2.45, 2.75) is 4.90 Å². The van der Waals surface area contributed by atoms with E-state index < -0.39 is 20.9 Å². The summed E-state index contributed by atoms with van der Waals surface area (Å²) in [6.07, 6.45) is 1.28. The molecule has 3 rings (SSSR count). The normalized spacial score (nSPS) is 11.2. The number of nitro groups is 1. The number of methoxy groups -OCH3 is 1. The largest absolute Gasteiger partial charge is 0.497 e. The first-order valence-electron chi connectivity index (χ1n) is 9.58. The summed E-state index contributed by atoms with van der Waals surface area (Å²) in [6.45, 7) is 0. The van der Waals surface area contributed by atoms with Crippen molar-refractivity contribution in [2.24, 2.45) is 0 Å². The zero-order chi connectivity index (χ0) is 24.7. The predicted molar refractivity (Wildman–Crippen MR) is 123 cm³/mol. The molecule has 0 saturated carbocycles. The molecule has 11 heteroatoms. The molecule has 0 aromatic heterocycles. The minimum atomic E-state index is -4.27. The molecule has 172 valence electrons. The Morgan fingerprint density at radius 3 is 2.38 bits per heavy atom. The second-order valence-corrected chi connectivity index (χ2v) is 8.26. The Labute approximate surface area is 194 Å². The van der Waals surface area contributed by atoms with E-state index in [4.69, 9.17) is 8.92 Å². The van der Waals surface area contributed by atoms with E-state index in [0.717, 1.165) is 24.3 Å². The highest BCUT2D eigenvalue weighted by Gasteiger charge is 2.18. The molecule has 0 aliphatic carbocycles. The van der Waals surface area contributed by atoms with Crippen LogP contribution in [0.1, 0.15) is 5.56 Å². The highest BCUT2D eigenvalue weighted by molar-refractivity contribution is 7.87. The molecule has 0 unspecified atom stereocenters. The molecule has 0 heterocycles. The van der Waals surface area contributed by atoms with Crippen molar-refractivity contribution in [1.29, 1.82) is 5.26 Å². The topological polar surface area (TPSA) is 149 Å². The Hall–Kier alpha value is -4.69. The molecule has 0 aliphatic heterocycles. The first-order chi connectivity index (χ1) is 16.2. The Bertz CT molecular complexity index is 1410. The molecule has 0 radical (unpaired) electrons. The maximum atomic E-state index is 12.5. The quantitative estimate of drug-likeness (QED) is 0.168. The lowest BCUT2D eigenvalue weighted by atomic mass is 10.1. The van der Waals surface area contributed by atoms with Crippen molar-refractivity contribution in [3.8, 4) is 17.6 Å². The molecule has 10 nitrogen and oxygen atoms in total. The molecule has 3 aromatic rings. The third-order valence-electron chi connectivity index (χ3n) is 4.40. The molecule has 3 aromatic carbocycles. The Kier molecular flexibility index (Phi) is 7.25. The van der Waals surface area contributed by atoms with E-state index in [9.17, 15) is 28.6 Å². The number of rotatable bonds is 8. The zero-order valence-electron chi connectivity index (χ0n) is 17.7. The predicted octanol–water partition coefficient (Wildman–Crippen LogP) is 3.92. The first-order valence-corrected chi connectivity index (χ1v) is 11.0. The molecule has 0 aliphatic rings. The van der Waals surface area contributed by atoms with Gasteiger partial charge in [-0.1, -0.05) is 18.2 Å². The fourth-order valence-electron chi connectivity index (χ4n) is 2.78. The van der Waals surface area contributed by atoms with Crippen molar-refractivity contribution in [1.82, 2.24) is 0 Å². The third-order valence-corrected chi connectivity index (χ3v) is 5.67. The summed E-state index contributed by atoms with van der Waals surface area (Å²) in [5, 5.41) is 22.8. The molecule has 1 N–H and O–H groups in total. The molecule has 0 fully saturated rings. The van der Waals surface area contributed by atoms with Gasteiger partial charge in [-0.3, -0.25) is 14.9 Å². The van der Waals surface area contributed by atoms with Crippen LogP contribution in [0.5, 0.6) is 11.5 Å². The summed E-state index contributed by atoms with van der Waals surface area (Å²) in [7, 11) is -2.79. The number of carbonyl (C=O) groups is 1. The maximum absolute atomic E-state index is 12.5. The average molecular weight is 479 g/mol. The lowest BCUT2D eigenvalue weighted by Crippen LogP contribution is -2.13. The van der Waals surface area contributed by atoms with E-state index in [1.807, 2.05) is 6.07 Å². The van der Waals surface area contributed by atoms with Crippen molar-refractivity contribution < 1.29 is 27.1 Å². The Balaban J connectivity index is 1.79. The number of anilines is 1. The number of hydrogen-bond donors (Lipinski definition) is 1. The van der Waals surface area contributed by atoms with Crippen molar-refractivity contribution in [2.75, 3.05) is 12.4 Å². The van der Waals surface area contributed by atoms with Gasteiger partial charge >= 0.3 is 10.1 Å². The maximum Gasteiger partial charge on any atom is 0.339 e. The summed E-state index contributed by atoms with van der Waals surface area (Å²) < 4.78 is 35.2. The van der Waals surface area contributed by atoms with Crippen LogP contribution in [0.2, 0.25) is 0 Å². The molecular formula is C23H17N3O7S. The van der Waals surface area contributed by atoms with Crippen LogP contribution in [0.15, 0.2) is 83.3 Å². The van der Waals surface area contributed by atoms with E-state index in [-0.39, 0.29) is 21.9 Å². The van der Waals surface area contributed by atoms with Crippen molar-refractivity contribution >= 4 is 33.5 Å². The van der Waals surface area contributed by atoms with Crippen LogP contribution < -0.4 is 14.2 Å². The highest BCUT2D eigenvalue weighted by atomic mass is 32.2. The number of non-ortho nitro benzene ring substituents is 1. The van der Waals surface area contributed by atoms with Gasteiger partial charge in [0.25, 0.3) is 11.6 Å². The smallest absolute Gasteiger partial charge is 0.339 e. The monoisotopic (exact) mass is 479 g/mol. The standard InChI is InChI=1S/C23H17N3O7S/c1-32-20-6-3-5-18(14-20)25-23(27)17(15-24)12-16-4-2-7-21(13-16)33-34(30,31)22-10-8-19(9-11-22)26(28)29/h2-14H,1H3,(H,25,27)/b17-12+. The minimum absolute atomic E-state index is 0.0717. The third kappa shape index (κ3) is 5.96. The fourth-order valence-corrected chi connectivity index (χ4v) is 3.70. The molecular weight excluding hydrogens is 462 g/mol. The van der Waals surface area contributed by atoms with Gasteiger partial charge in [-0.15, -0.1) is 0 Å². The molecule has 1 amide bonds. The van der Waals surface area contributed by atoms with Gasteiger partial charge in [0, 0.05) is 23.9 Å². The van der Waals surface area contributed by atoms with Crippen LogP contribution in [-0.2, 0) is 14.9 Å². The molecule has 0 spiro atoms. The summed E-state index contributed by atoms with van der Waals surface area (Å²) in [6, 6.07) is 18.4. The van der Waals surface area contributed by atoms with Gasteiger partial charge in [0.1, 0.15) is 28.0 Å². The SMILES string of the molecule is COc1cccc(NC(=O)/C(C#N)=C/c2cccc(OS(=O)(=O)c3ccc([N+](=O)[O-])cc3)c2)c1. The molecule has 0 bridgehead atoms.